The molecule has 0 aliphatic heterocycles. The van der Waals surface area contributed by atoms with Crippen molar-refractivity contribution in [1.82, 2.24) is 0 Å². The second kappa shape index (κ2) is 7.50. The lowest BCUT2D eigenvalue weighted by Gasteiger charge is -2.13. The normalized spacial score (nSPS) is 11.8. The van der Waals surface area contributed by atoms with Gasteiger partial charge in [-0.2, -0.15) is 0 Å². The summed E-state index contributed by atoms with van der Waals surface area (Å²) in [6, 6.07) is 7.55. The van der Waals surface area contributed by atoms with Gasteiger partial charge in [0.25, 0.3) is 0 Å². The minimum Gasteiger partial charge on any atom is -0.497 e. The predicted molar refractivity (Wildman–Crippen MR) is 68.6 cm³/mol. The van der Waals surface area contributed by atoms with Crippen LogP contribution < -0.4 is 4.74 Å². The van der Waals surface area contributed by atoms with Gasteiger partial charge >= 0.3 is 5.97 Å². The lowest BCUT2D eigenvalue weighted by Crippen LogP contribution is -2.11. The van der Waals surface area contributed by atoms with Crippen LogP contribution in [0.25, 0.3) is 0 Å². The summed E-state index contributed by atoms with van der Waals surface area (Å²) in [7, 11) is 1.62. The van der Waals surface area contributed by atoms with E-state index in [0.717, 1.165) is 11.3 Å². The van der Waals surface area contributed by atoms with E-state index in [1.165, 1.54) is 0 Å². The molecule has 4 heteroatoms. The van der Waals surface area contributed by atoms with Gasteiger partial charge in [0, 0.05) is 6.42 Å². The molecule has 0 radical (unpaired) electrons. The average molecular weight is 250 g/mol. The van der Waals surface area contributed by atoms with E-state index in [9.17, 15) is 4.79 Å². The second-order valence-corrected chi connectivity index (χ2v) is 3.87. The highest BCUT2D eigenvalue weighted by Gasteiger charge is 2.07. The predicted octanol–water partition coefficient (Wildman–Crippen LogP) is 2.63. The molecule has 1 N–H and O–H groups in total. The summed E-state index contributed by atoms with van der Waals surface area (Å²) in [6.07, 6.45) is 1.92. The number of hydrogen-bond acceptors (Lipinski definition) is 3. The molecular formula is C14H18O4. The first-order chi connectivity index (χ1) is 8.65. The molecule has 1 atom stereocenters. The fraction of sp³-hybridized carbons (Fsp3) is 0.357. The van der Waals surface area contributed by atoms with Crippen molar-refractivity contribution >= 4 is 5.97 Å². The number of carbonyl (C=O) groups is 1. The first kappa shape index (κ1) is 14.3. The van der Waals surface area contributed by atoms with E-state index >= 15 is 0 Å². The molecule has 4 nitrogen and oxygen atoms in total. The van der Waals surface area contributed by atoms with E-state index in [0.29, 0.717) is 13.0 Å². The Morgan fingerprint density at radius 2 is 2.11 bits per heavy atom. The summed E-state index contributed by atoms with van der Waals surface area (Å²) in [5.41, 5.74) is 1.01. The third-order valence-corrected chi connectivity index (χ3v) is 2.53. The first-order valence-electron chi connectivity index (χ1n) is 5.74. The average Bonchev–Trinajstić information content (AvgIpc) is 2.39. The molecule has 0 saturated heterocycles. The third-order valence-electron chi connectivity index (χ3n) is 2.53. The molecule has 0 spiro atoms. The molecule has 0 amide bonds. The molecule has 1 rings (SSSR count). The molecule has 0 bridgehead atoms. The molecule has 0 fully saturated rings. The lowest BCUT2D eigenvalue weighted by atomic mass is 10.2. The maximum Gasteiger partial charge on any atom is 0.303 e. The summed E-state index contributed by atoms with van der Waals surface area (Å²) in [6.45, 7) is 4.07. The number of aliphatic carboxylic acids is 1. The van der Waals surface area contributed by atoms with Crippen molar-refractivity contribution in [1.29, 1.82) is 0 Å². The van der Waals surface area contributed by atoms with Gasteiger partial charge in [0.05, 0.1) is 19.8 Å². The van der Waals surface area contributed by atoms with Gasteiger partial charge in [-0.05, 0) is 24.1 Å². The van der Waals surface area contributed by atoms with Crippen molar-refractivity contribution < 1.29 is 19.4 Å². The zero-order chi connectivity index (χ0) is 13.4. The maximum absolute atomic E-state index is 10.5. The van der Waals surface area contributed by atoms with Crippen molar-refractivity contribution in [2.24, 2.45) is 0 Å². The zero-order valence-electron chi connectivity index (χ0n) is 10.5. The van der Waals surface area contributed by atoms with E-state index in [-0.39, 0.29) is 12.5 Å². The van der Waals surface area contributed by atoms with Gasteiger partial charge in [0.2, 0.25) is 0 Å². The topological polar surface area (TPSA) is 55.8 Å². The van der Waals surface area contributed by atoms with Crippen LogP contribution in [0.3, 0.4) is 0 Å². The van der Waals surface area contributed by atoms with Gasteiger partial charge in [-0.25, -0.2) is 0 Å². The molecule has 0 unspecified atom stereocenters. The van der Waals surface area contributed by atoms with Crippen LogP contribution in [-0.4, -0.2) is 24.3 Å². The van der Waals surface area contributed by atoms with E-state index in [4.69, 9.17) is 14.6 Å². The Kier molecular flexibility index (Phi) is 5.94. The maximum atomic E-state index is 10.5. The Balaban J connectivity index is 2.41. The van der Waals surface area contributed by atoms with Crippen LogP contribution in [0, 0.1) is 0 Å². The van der Waals surface area contributed by atoms with Gasteiger partial charge < -0.3 is 14.6 Å². The highest BCUT2D eigenvalue weighted by Crippen LogP contribution is 2.13. The highest BCUT2D eigenvalue weighted by atomic mass is 16.5. The van der Waals surface area contributed by atoms with E-state index in [1.54, 1.807) is 13.2 Å². The second-order valence-electron chi connectivity index (χ2n) is 3.87. The summed E-state index contributed by atoms with van der Waals surface area (Å²) >= 11 is 0. The number of rotatable bonds is 8. The zero-order valence-corrected chi connectivity index (χ0v) is 10.5. The molecule has 1 aromatic carbocycles. The highest BCUT2D eigenvalue weighted by molar-refractivity contribution is 5.66. The molecule has 0 aliphatic carbocycles. The minimum absolute atomic E-state index is 0.0826. The standard InChI is InChI=1S/C14H18O4/c1-3-12(8-9-14(15)16)18-10-11-4-6-13(17-2)7-5-11/h3-7,12H,1,8-10H2,2H3,(H,15,16)/t12-/m1/s1. The van der Waals surface area contributed by atoms with Crippen molar-refractivity contribution in [3.8, 4) is 5.75 Å². The fourth-order valence-corrected chi connectivity index (χ4v) is 1.46. The molecule has 18 heavy (non-hydrogen) atoms. The van der Waals surface area contributed by atoms with Crippen LogP contribution in [0.5, 0.6) is 5.75 Å². The van der Waals surface area contributed by atoms with Gasteiger partial charge in [0.15, 0.2) is 0 Å². The van der Waals surface area contributed by atoms with Crippen molar-refractivity contribution in [3.63, 3.8) is 0 Å². The van der Waals surface area contributed by atoms with Crippen LogP contribution >= 0.6 is 0 Å². The number of carboxylic acids is 1. The fourth-order valence-electron chi connectivity index (χ4n) is 1.46. The van der Waals surface area contributed by atoms with Gasteiger partial charge in [-0.1, -0.05) is 18.2 Å². The van der Waals surface area contributed by atoms with Crippen molar-refractivity contribution in [3.05, 3.63) is 42.5 Å². The smallest absolute Gasteiger partial charge is 0.303 e. The summed E-state index contributed by atoms with van der Waals surface area (Å²) in [5.74, 6) is -0.0280. The van der Waals surface area contributed by atoms with E-state index in [2.05, 4.69) is 6.58 Å². The number of benzene rings is 1. The largest absolute Gasteiger partial charge is 0.497 e. The molecule has 0 heterocycles. The van der Waals surface area contributed by atoms with Crippen LogP contribution in [0.15, 0.2) is 36.9 Å². The minimum atomic E-state index is -0.824. The Morgan fingerprint density at radius 1 is 1.44 bits per heavy atom. The molecular weight excluding hydrogens is 232 g/mol. The molecule has 0 aromatic heterocycles. The molecule has 0 saturated carbocycles. The molecule has 98 valence electrons. The Hall–Kier alpha value is -1.81. The molecule has 1 aromatic rings. The van der Waals surface area contributed by atoms with Crippen molar-refractivity contribution in [2.45, 2.75) is 25.6 Å². The number of hydrogen-bond donors (Lipinski definition) is 1. The Bertz CT molecular complexity index is 383. The van der Waals surface area contributed by atoms with Gasteiger partial charge in [-0.3, -0.25) is 4.79 Å². The molecule has 0 aliphatic rings. The number of methoxy groups -OCH3 is 1. The number of ether oxygens (including phenoxy) is 2. The van der Waals surface area contributed by atoms with Crippen LogP contribution in [0.1, 0.15) is 18.4 Å². The quantitative estimate of drug-likeness (QED) is 0.720. The van der Waals surface area contributed by atoms with Crippen LogP contribution in [-0.2, 0) is 16.1 Å². The van der Waals surface area contributed by atoms with Crippen LogP contribution in [0.2, 0.25) is 0 Å². The van der Waals surface area contributed by atoms with E-state index < -0.39 is 5.97 Å². The summed E-state index contributed by atoms with van der Waals surface area (Å²) in [5, 5.41) is 8.60. The summed E-state index contributed by atoms with van der Waals surface area (Å²) in [4.78, 5) is 10.5. The Labute approximate surface area is 107 Å². The van der Waals surface area contributed by atoms with Crippen LogP contribution in [0.4, 0.5) is 0 Å². The summed E-state index contributed by atoms with van der Waals surface area (Å²) < 4.78 is 10.6. The third kappa shape index (κ3) is 5.01. The lowest BCUT2D eigenvalue weighted by molar-refractivity contribution is -0.137. The van der Waals surface area contributed by atoms with E-state index in [1.807, 2.05) is 24.3 Å². The van der Waals surface area contributed by atoms with Gasteiger partial charge in [-0.15, -0.1) is 6.58 Å². The first-order valence-corrected chi connectivity index (χ1v) is 5.74. The van der Waals surface area contributed by atoms with Gasteiger partial charge in [0.1, 0.15) is 5.75 Å². The SMILES string of the molecule is C=C[C@H](CCC(=O)O)OCc1ccc(OC)cc1. The Morgan fingerprint density at radius 3 is 2.61 bits per heavy atom. The monoisotopic (exact) mass is 250 g/mol. The number of carboxylic acid groups (broad SMARTS) is 1. The van der Waals surface area contributed by atoms with Crippen molar-refractivity contribution in [2.75, 3.05) is 7.11 Å².